The first-order valence-electron chi connectivity index (χ1n) is 8.82. The van der Waals surface area contributed by atoms with Crippen LogP contribution in [0.4, 0.5) is 5.69 Å². The molecule has 27 heavy (non-hydrogen) atoms. The SMILES string of the molecule is CC1=C(C(=O)Nc2cc(C)ccc2C)C2(CCN(S(C)(=O)=O)CC2)OC1=O. The fraction of sp³-hybridized carbons (Fsp3) is 0.474. The van der Waals surface area contributed by atoms with E-state index in [1.165, 1.54) is 4.31 Å². The van der Waals surface area contributed by atoms with Crippen molar-refractivity contribution in [2.45, 2.75) is 39.2 Å². The maximum absolute atomic E-state index is 13.1. The molecule has 0 bridgehead atoms. The summed E-state index contributed by atoms with van der Waals surface area (Å²) >= 11 is 0. The number of carbonyl (C=O) groups excluding carboxylic acids is 2. The molecule has 1 saturated heterocycles. The summed E-state index contributed by atoms with van der Waals surface area (Å²) in [6.07, 6.45) is 1.68. The Morgan fingerprint density at radius 3 is 2.41 bits per heavy atom. The van der Waals surface area contributed by atoms with Gasteiger partial charge in [0.25, 0.3) is 5.91 Å². The molecule has 8 heteroatoms. The highest BCUT2D eigenvalue weighted by atomic mass is 32.2. The fourth-order valence-corrected chi connectivity index (χ4v) is 4.56. The van der Waals surface area contributed by atoms with Gasteiger partial charge in [-0.1, -0.05) is 12.1 Å². The third-order valence-electron chi connectivity index (χ3n) is 5.29. The summed E-state index contributed by atoms with van der Waals surface area (Å²) < 4.78 is 30.5. The average molecular weight is 392 g/mol. The maximum atomic E-state index is 13.1. The Morgan fingerprint density at radius 2 is 1.81 bits per heavy atom. The minimum absolute atomic E-state index is 0.208. The van der Waals surface area contributed by atoms with Crippen LogP contribution in [0, 0.1) is 13.8 Å². The Bertz CT molecular complexity index is 941. The number of anilines is 1. The number of hydrogen-bond donors (Lipinski definition) is 1. The van der Waals surface area contributed by atoms with Crippen LogP contribution in [0.2, 0.25) is 0 Å². The molecule has 2 aliphatic rings. The lowest BCUT2D eigenvalue weighted by Crippen LogP contribution is -2.49. The van der Waals surface area contributed by atoms with Crippen molar-refractivity contribution < 1.29 is 22.7 Å². The Balaban J connectivity index is 1.89. The van der Waals surface area contributed by atoms with Gasteiger partial charge in [-0.15, -0.1) is 0 Å². The molecule has 1 aromatic carbocycles. The molecule has 1 fully saturated rings. The van der Waals surface area contributed by atoms with E-state index in [-0.39, 0.29) is 37.4 Å². The van der Waals surface area contributed by atoms with Crippen molar-refractivity contribution in [2.75, 3.05) is 24.7 Å². The Hall–Kier alpha value is -2.19. The molecule has 7 nitrogen and oxygen atoms in total. The van der Waals surface area contributed by atoms with Gasteiger partial charge in [-0.3, -0.25) is 4.79 Å². The molecule has 0 atom stereocenters. The lowest BCUT2D eigenvalue weighted by Gasteiger charge is -2.38. The standard InChI is InChI=1S/C19H24N2O5S/c1-12-5-6-13(2)15(11-12)20-17(22)16-14(3)18(23)26-19(16)7-9-21(10-8-19)27(4,24)25/h5-6,11H,7-10H2,1-4H3,(H,20,22). The zero-order chi connectivity index (χ0) is 20.0. The van der Waals surface area contributed by atoms with E-state index in [9.17, 15) is 18.0 Å². The summed E-state index contributed by atoms with van der Waals surface area (Å²) in [5.41, 5.74) is 2.13. The second-order valence-corrected chi connectivity index (χ2v) is 9.30. The monoisotopic (exact) mass is 392 g/mol. The highest BCUT2D eigenvalue weighted by Gasteiger charge is 2.51. The second kappa shape index (κ2) is 6.76. The molecule has 3 rings (SSSR count). The smallest absolute Gasteiger partial charge is 0.335 e. The first-order chi connectivity index (χ1) is 12.5. The van der Waals surface area contributed by atoms with Crippen molar-refractivity contribution >= 4 is 27.6 Å². The van der Waals surface area contributed by atoms with E-state index in [0.29, 0.717) is 11.3 Å². The number of benzene rings is 1. The van der Waals surface area contributed by atoms with Crippen LogP contribution < -0.4 is 5.32 Å². The second-order valence-electron chi connectivity index (χ2n) is 7.32. The van der Waals surface area contributed by atoms with Crippen molar-refractivity contribution in [2.24, 2.45) is 0 Å². The minimum atomic E-state index is -3.32. The third kappa shape index (κ3) is 3.64. The van der Waals surface area contributed by atoms with Gasteiger partial charge in [0.2, 0.25) is 10.0 Å². The van der Waals surface area contributed by atoms with Gasteiger partial charge in [-0.2, -0.15) is 0 Å². The van der Waals surface area contributed by atoms with Crippen LogP contribution >= 0.6 is 0 Å². The number of nitrogens with zero attached hydrogens (tertiary/aromatic N) is 1. The normalized spacial score (nSPS) is 20.1. The number of amides is 1. The Kier molecular flexibility index (Phi) is 4.90. The Labute approximate surface area is 159 Å². The molecule has 2 heterocycles. The number of hydrogen-bond acceptors (Lipinski definition) is 5. The molecule has 0 aliphatic carbocycles. The van der Waals surface area contributed by atoms with Crippen LogP contribution in [0.3, 0.4) is 0 Å². The lowest BCUT2D eigenvalue weighted by molar-refractivity contribution is -0.149. The van der Waals surface area contributed by atoms with Gasteiger partial charge in [-0.25, -0.2) is 17.5 Å². The molecule has 2 aliphatic heterocycles. The molecule has 1 spiro atoms. The fourth-order valence-electron chi connectivity index (χ4n) is 3.71. The van der Waals surface area contributed by atoms with Crippen LogP contribution in [0.15, 0.2) is 29.3 Å². The molecular weight excluding hydrogens is 368 g/mol. The summed E-state index contributed by atoms with van der Waals surface area (Å²) in [6, 6.07) is 5.75. The molecule has 0 radical (unpaired) electrons. The number of carbonyl (C=O) groups is 2. The first kappa shape index (κ1) is 19.6. The number of ether oxygens (including phenoxy) is 1. The van der Waals surface area contributed by atoms with E-state index in [2.05, 4.69) is 5.32 Å². The van der Waals surface area contributed by atoms with E-state index in [4.69, 9.17) is 4.74 Å². The first-order valence-corrected chi connectivity index (χ1v) is 10.7. The van der Waals surface area contributed by atoms with Crippen molar-refractivity contribution in [1.82, 2.24) is 4.31 Å². The zero-order valence-electron chi connectivity index (χ0n) is 16.0. The highest BCUT2D eigenvalue weighted by Crippen LogP contribution is 2.42. The molecule has 1 N–H and O–H groups in total. The summed E-state index contributed by atoms with van der Waals surface area (Å²) in [4.78, 5) is 25.3. The molecule has 0 saturated carbocycles. The third-order valence-corrected chi connectivity index (χ3v) is 6.60. The van der Waals surface area contributed by atoms with E-state index in [1.54, 1.807) is 6.92 Å². The van der Waals surface area contributed by atoms with Gasteiger partial charge < -0.3 is 10.1 Å². The maximum Gasteiger partial charge on any atom is 0.335 e. The van der Waals surface area contributed by atoms with Crippen molar-refractivity contribution in [1.29, 1.82) is 0 Å². The molecule has 1 aromatic rings. The minimum Gasteiger partial charge on any atom is -0.450 e. The predicted octanol–water partition coefficient (Wildman–Crippen LogP) is 1.91. The number of rotatable bonds is 3. The van der Waals surface area contributed by atoms with Gasteiger partial charge in [0.1, 0.15) is 5.60 Å². The summed E-state index contributed by atoms with van der Waals surface area (Å²) in [5.74, 6) is -0.895. The zero-order valence-corrected chi connectivity index (χ0v) is 16.8. The summed E-state index contributed by atoms with van der Waals surface area (Å²) in [7, 11) is -3.32. The van der Waals surface area contributed by atoms with Gasteiger partial charge in [0.15, 0.2) is 0 Å². The highest BCUT2D eigenvalue weighted by molar-refractivity contribution is 7.88. The van der Waals surface area contributed by atoms with Crippen LogP contribution in [-0.2, 0) is 24.3 Å². The van der Waals surface area contributed by atoms with Crippen molar-refractivity contribution in [3.05, 3.63) is 40.5 Å². The Morgan fingerprint density at radius 1 is 1.19 bits per heavy atom. The number of esters is 1. The van der Waals surface area contributed by atoms with Gasteiger partial charge >= 0.3 is 5.97 Å². The molecule has 0 aromatic heterocycles. The number of nitrogens with one attached hydrogen (secondary N) is 1. The van der Waals surface area contributed by atoms with E-state index in [1.807, 2.05) is 32.0 Å². The van der Waals surface area contributed by atoms with Crippen molar-refractivity contribution in [3.8, 4) is 0 Å². The molecule has 0 unspecified atom stereocenters. The number of sulfonamides is 1. The topological polar surface area (TPSA) is 92.8 Å². The van der Waals surface area contributed by atoms with E-state index >= 15 is 0 Å². The number of piperidine rings is 1. The van der Waals surface area contributed by atoms with E-state index < -0.39 is 21.6 Å². The van der Waals surface area contributed by atoms with Crippen LogP contribution in [0.25, 0.3) is 0 Å². The van der Waals surface area contributed by atoms with Crippen LogP contribution in [0.1, 0.15) is 30.9 Å². The quantitative estimate of drug-likeness (QED) is 0.793. The lowest BCUT2D eigenvalue weighted by atomic mass is 9.83. The number of aryl methyl sites for hydroxylation is 2. The van der Waals surface area contributed by atoms with Crippen molar-refractivity contribution in [3.63, 3.8) is 0 Å². The summed E-state index contributed by atoms with van der Waals surface area (Å²) in [6.45, 7) is 5.83. The van der Waals surface area contributed by atoms with Crippen LogP contribution in [0.5, 0.6) is 0 Å². The largest absolute Gasteiger partial charge is 0.450 e. The van der Waals surface area contributed by atoms with Gasteiger partial charge in [-0.05, 0) is 38.0 Å². The van der Waals surface area contributed by atoms with Crippen LogP contribution in [-0.4, -0.2) is 49.5 Å². The molecule has 1 amide bonds. The summed E-state index contributed by atoms with van der Waals surface area (Å²) in [5, 5.41) is 2.90. The predicted molar refractivity (Wildman–Crippen MR) is 102 cm³/mol. The van der Waals surface area contributed by atoms with Gasteiger partial charge in [0.05, 0.1) is 11.8 Å². The van der Waals surface area contributed by atoms with E-state index in [0.717, 1.165) is 17.4 Å². The average Bonchev–Trinajstić information content (AvgIpc) is 2.81. The van der Waals surface area contributed by atoms with Gasteiger partial charge in [0, 0.05) is 37.2 Å². The molecule has 146 valence electrons. The molecular formula is C19H24N2O5S.